The number of nitrogens with one attached hydrogen (secondary N) is 2. The van der Waals surface area contributed by atoms with Gasteiger partial charge in [-0.2, -0.15) is 0 Å². The van der Waals surface area contributed by atoms with Gasteiger partial charge in [-0.1, -0.05) is 0 Å². The van der Waals surface area contributed by atoms with Crippen LogP contribution >= 0.6 is 0 Å². The first-order chi connectivity index (χ1) is 11.7. The van der Waals surface area contributed by atoms with Crippen LogP contribution in [-0.4, -0.2) is 83.8 Å². The van der Waals surface area contributed by atoms with E-state index in [0.717, 1.165) is 37.7 Å². The Balaban J connectivity index is 1.62. The summed E-state index contributed by atoms with van der Waals surface area (Å²) < 4.78 is 11.3. The van der Waals surface area contributed by atoms with Gasteiger partial charge >= 0.3 is 0 Å². The fourth-order valence-corrected chi connectivity index (χ4v) is 3.47. The van der Waals surface area contributed by atoms with E-state index in [0.29, 0.717) is 18.0 Å². The van der Waals surface area contributed by atoms with Gasteiger partial charge in [0.15, 0.2) is 11.6 Å². The summed E-state index contributed by atoms with van der Waals surface area (Å²) in [6, 6.07) is 0. The van der Waals surface area contributed by atoms with Gasteiger partial charge in [0.2, 0.25) is 0 Å². The van der Waals surface area contributed by atoms with Gasteiger partial charge in [-0.05, 0) is 0 Å². The van der Waals surface area contributed by atoms with Crippen molar-refractivity contribution in [2.75, 3.05) is 44.8 Å². The molecule has 1 aromatic heterocycles. The van der Waals surface area contributed by atoms with Crippen LogP contribution in [0.3, 0.4) is 0 Å². The van der Waals surface area contributed by atoms with Gasteiger partial charge in [0.1, 0.15) is 31.1 Å². The second-order valence-electron chi connectivity index (χ2n) is 6.21. The van der Waals surface area contributed by atoms with E-state index < -0.39 is 24.4 Å². The molecule has 2 fully saturated rings. The van der Waals surface area contributed by atoms with Crippen molar-refractivity contribution in [1.29, 1.82) is 0 Å². The molecule has 0 amide bonds. The van der Waals surface area contributed by atoms with Crippen LogP contribution in [0.5, 0.6) is 0 Å². The number of hydrogen-bond donors (Lipinski definition) is 5. The lowest BCUT2D eigenvalue weighted by atomic mass is 10.0. The van der Waals surface area contributed by atoms with Crippen molar-refractivity contribution in [3.8, 4) is 0 Å². The topological polar surface area (TPSA) is 123 Å². The zero-order chi connectivity index (χ0) is 16.7. The molecule has 24 heavy (non-hydrogen) atoms. The van der Waals surface area contributed by atoms with Crippen molar-refractivity contribution in [2.45, 2.75) is 24.4 Å². The second-order valence-corrected chi connectivity index (χ2v) is 6.21. The number of amidine groups is 1. The normalized spacial score (nSPS) is 33.1. The Hall–Kier alpha value is -1.65. The molecule has 0 radical (unpaired) electrons. The number of aliphatic hydroxyl groups excluding tert-OH is 3. The van der Waals surface area contributed by atoms with Crippen LogP contribution in [0.1, 0.15) is 17.4 Å². The predicted octanol–water partition coefficient (Wildman–Crippen LogP) is -1.53. The van der Waals surface area contributed by atoms with E-state index in [2.05, 4.69) is 20.5 Å². The number of fused-ring (bicyclic) bond motifs is 1. The Kier molecular flexibility index (Phi) is 4.19. The van der Waals surface area contributed by atoms with Crippen LogP contribution in [0.2, 0.25) is 0 Å². The van der Waals surface area contributed by atoms with Crippen molar-refractivity contribution >= 4 is 11.5 Å². The molecule has 3 aliphatic heterocycles. The van der Waals surface area contributed by atoms with Crippen molar-refractivity contribution in [3.63, 3.8) is 0 Å². The summed E-state index contributed by atoms with van der Waals surface area (Å²) in [5.41, 5.74) is 1.36. The maximum absolute atomic E-state index is 10.2. The number of hydrogen-bond acceptors (Lipinski definition) is 9. The third-order valence-corrected chi connectivity index (χ3v) is 4.77. The van der Waals surface area contributed by atoms with Crippen LogP contribution in [0, 0.1) is 0 Å². The molecule has 5 N–H and O–H groups in total. The van der Waals surface area contributed by atoms with Crippen molar-refractivity contribution < 1.29 is 24.5 Å². The molecule has 1 aromatic rings. The van der Waals surface area contributed by atoms with E-state index >= 15 is 0 Å². The average molecular weight is 338 g/mol. The zero-order valence-electron chi connectivity index (χ0n) is 13.2. The number of piperazine rings is 1. The number of nitrogens with zero attached hydrogens (tertiary/aromatic N) is 2. The smallest absolute Gasteiger partial charge is 0.192 e. The van der Waals surface area contributed by atoms with E-state index in [9.17, 15) is 15.3 Å². The minimum absolute atomic E-state index is 0.352. The maximum Gasteiger partial charge on any atom is 0.192 e. The van der Waals surface area contributed by atoms with Gasteiger partial charge in [-0.3, -0.25) is 0 Å². The van der Waals surface area contributed by atoms with E-state index in [1.807, 2.05) is 0 Å². The summed E-state index contributed by atoms with van der Waals surface area (Å²) in [4.78, 5) is 6.68. The largest absolute Gasteiger partial charge is 0.458 e. The highest BCUT2D eigenvalue weighted by molar-refractivity contribution is 6.03. The summed E-state index contributed by atoms with van der Waals surface area (Å²) in [7, 11) is 0. The van der Waals surface area contributed by atoms with Crippen LogP contribution in [-0.2, 0) is 4.74 Å². The van der Waals surface area contributed by atoms with Gasteiger partial charge in [0.05, 0.1) is 18.6 Å². The van der Waals surface area contributed by atoms with Crippen molar-refractivity contribution in [3.05, 3.63) is 17.6 Å². The molecule has 4 rings (SSSR count). The maximum atomic E-state index is 10.2. The first kappa shape index (κ1) is 15.9. The van der Waals surface area contributed by atoms with Gasteiger partial charge < -0.3 is 40.0 Å². The van der Waals surface area contributed by atoms with Crippen LogP contribution in [0.15, 0.2) is 15.7 Å². The number of anilines is 1. The first-order valence-corrected chi connectivity index (χ1v) is 8.19. The number of rotatable bonds is 2. The van der Waals surface area contributed by atoms with Crippen molar-refractivity contribution in [1.82, 2.24) is 10.2 Å². The molecule has 4 atom stereocenters. The zero-order valence-corrected chi connectivity index (χ0v) is 13.2. The standard InChI is InChI=1S/C15H22N4O5/c20-5-9-11(21)12(22)13(24-9)8-6-23-14-10(8)17-7-18-15(14)19-3-1-16-2-4-19/h6,9,11-13,16-17,20-22H,1-5,7H2/t9-,11-,12-,13+/m1/s1. The van der Waals surface area contributed by atoms with Gasteiger partial charge in [0, 0.05) is 31.7 Å². The predicted molar refractivity (Wildman–Crippen MR) is 84.9 cm³/mol. The lowest BCUT2D eigenvalue weighted by molar-refractivity contribution is -0.0227. The Morgan fingerprint density at radius 1 is 1.25 bits per heavy atom. The molecule has 0 unspecified atom stereocenters. The summed E-state index contributed by atoms with van der Waals surface area (Å²) in [5.74, 6) is 1.42. The summed E-state index contributed by atoms with van der Waals surface area (Å²) in [6.07, 6.45) is -2.27. The fourth-order valence-electron chi connectivity index (χ4n) is 3.47. The Bertz CT molecular complexity index is 627. The van der Waals surface area contributed by atoms with Gasteiger partial charge in [-0.25, -0.2) is 4.99 Å². The van der Waals surface area contributed by atoms with E-state index in [1.54, 1.807) is 0 Å². The summed E-state index contributed by atoms with van der Waals surface area (Å²) in [6.45, 7) is 3.54. The minimum atomic E-state index is -1.13. The van der Waals surface area contributed by atoms with E-state index in [4.69, 9.17) is 9.15 Å². The molecular formula is C15H22N4O5. The van der Waals surface area contributed by atoms with Crippen LogP contribution in [0.25, 0.3) is 0 Å². The number of aliphatic hydroxyl groups is 3. The first-order valence-electron chi connectivity index (χ1n) is 8.19. The quantitative estimate of drug-likeness (QED) is 0.440. The number of ether oxygens (including phenoxy) is 1. The van der Waals surface area contributed by atoms with Gasteiger partial charge in [-0.15, -0.1) is 0 Å². The second kappa shape index (κ2) is 6.34. The number of furan rings is 1. The molecule has 0 aliphatic carbocycles. The lowest BCUT2D eigenvalue weighted by Crippen LogP contribution is -2.47. The molecular weight excluding hydrogens is 316 g/mol. The summed E-state index contributed by atoms with van der Waals surface area (Å²) in [5, 5.41) is 35.9. The molecule has 2 saturated heterocycles. The van der Waals surface area contributed by atoms with E-state index in [-0.39, 0.29) is 6.61 Å². The SMILES string of the molecule is OC[C@H]1O[C@@H](c2coc3c2NCN=C3N2CCNCC2)[C@H](O)[C@@H]1O. The molecule has 0 saturated carbocycles. The monoisotopic (exact) mass is 338 g/mol. The van der Waals surface area contributed by atoms with Gasteiger partial charge in [0.25, 0.3) is 0 Å². The highest BCUT2D eigenvalue weighted by atomic mass is 16.6. The van der Waals surface area contributed by atoms with Crippen LogP contribution in [0.4, 0.5) is 5.69 Å². The molecule has 0 spiro atoms. The highest BCUT2D eigenvalue weighted by Gasteiger charge is 2.45. The summed E-state index contributed by atoms with van der Waals surface area (Å²) >= 11 is 0. The molecule has 0 bridgehead atoms. The number of aliphatic imine (C=N–C) groups is 1. The molecule has 9 heteroatoms. The Labute approximate surface area is 138 Å². The minimum Gasteiger partial charge on any atom is -0.458 e. The molecule has 3 aliphatic rings. The Morgan fingerprint density at radius 2 is 2.04 bits per heavy atom. The Morgan fingerprint density at radius 3 is 2.75 bits per heavy atom. The van der Waals surface area contributed by atoms with Crippen LogP contribution < -0.4 is 10.6 Å². The molecule has 132 valence electrons. The lowest BCUT2D eigenvalue weighted by Gasteiger charge is -2.31. The third-order valence-electron chi connectivity index (χ3n) is 4.77. The third kappa shape index (κ3) is 2.49. The highest BCUT2D eigenvalue weighted by Crippen LogP contribution is 2.40. The molecule has 0 aromatic carbocycles. The average Bonchev–Trinajstić information content (AvgIpc) is 3.17. The van der Waals surface area contributed by atoms with Crippen molar-refractivity contribution in [2.24, 2.45) is 4.99 Å². The fraction of sp³-hybridized carbons (Fsp3) is 0.667. The van der Waals surface area contributed by atoms with E-state index in [1.165, 1.54) is 6.26 Å². The molecule has 9 nitrogen and oxygen atoms in total. The molecule has 4 heterocycles.